The number of rotatable bonds is 6. The van der Waals surface area contributed by atoms with E-state index >= 15 is 0 Å². The van der Waals surface area contributed by atoms with E-state index in [1.807, 2.05) is 26.0 Å². The second kappa shape index (κ2) is 7.05. The number of carbonyl (C=O) groups excluding carboxylic acids is 2. The van der Waals surface area contributed by atoms with Crippen molar-refractivity contribution in [2.75, 3.05) is 13.2 Å². The summed E-state index contributed by atoms with van der Waals surface area (Å²) in [6.45, 7) is 6.10. The molecule has 1 aromatic carbocycles. The van der Waals surface area contributed by atoms with Crippen molar-refractivity contribution in [1.82, 2.24) is 10.6 Å². The molecule has 110 valence electrons. The van der Waals surface area contributed by atoms with Gasteiger partial charge in [0.15, 0.2) is 0 Å². The molecule has 0 fully saturated rings. The summed E-state index contributed by atoms with van der Waals surface area (Å²) in [5, 5.41) is 14.6. The molecule has 0 aliphatic rings. The highest BCUT2D eigenvalue weighted by molar-refractivity contribution is 5.94. The maximum Gasteiger partial charge on any atom is 0.251 e. The maximum absolute atomic E-state index is 11.9. The number of nitrogens with one attached hydrogen (secondary N) is 2. The zero-order valence-corrected chi connectivity index (χ0v) is 12.2. The minimum Gasteiger partial charge on any atom is -0.396 e. The topological polar surface area (TPSA) is 78.4 Å². The summed E-state index contributed by atoms with van der Waals surface area (Å²) in [5.74, 6) is -0.254. The van der Waals surface area contributed by atoms with E-state index in [1.165, 1.54) is 6.92 Å². The predicted octanol–water partition coefficient (Wildman–Crippen LogP) is 1.07. The van der Waals surface area contributed by atoms with Crippen LogP contribution >= 0.6 is 0 Å². The van der Waals surface area contributed by atoms with Crippen molar-refractivity contribution >= 4 is 11.8 Å². The van der Waals surface area contributed by atoms with E-state index in [2.05, 4.69) is 10.6 Å². The summed E-state index contributed by atoms with van der Waals surface area (Å²) in [7, 11) is 0. The van der Waals surface area contributed by atoms with E-state index in [0.717, 1.165) is 5.56 Å². The Morgan fingerprint density at radius 1 is 1.15 bits per heavy atom. The lowest BCUT2D eigenvalue weighted by atomic mass is 9.95. The normalized spacial score (nSPS) is 11.0. The van der Waals surface area contributed by atoms with Crippen molar-refractivity contribution in [3.05, 3.63) is 35.4 Å². The van der Waals surface area contributed by atoms with Gasteiger partial charge in [0, 0.05) is 37.6 Å². The molecule has 2 amide bonds. The van der Waals surface area contributed by atoms with Crippen molar-refractivity contribution in [3.63, 3.8) is 0 Å². The van der Waals surface area contributed by atoms with Crippen LogP contribution in [0.25, 0.3) is 0 Å². The van der Waals surface area contributed by atoms with Crippen molar-refractivity contribution in [2.24, 2.45) is 5.41 Å². The minimum absolute atomic E-state index is 0.0168. The highest BCUT2D eigenvalue weighted by atomic mass is 16.3. The fourth-order valence-corrected chi connectivity index (χ4v) is 1.48. The van der Waals surface area contributed by atoms with Crippen LogP contribution in [0.1, 0.15) is 36.7 Å². The fourth-order valence-electron chi connectivity index (χ4n) is 1.48. The number of aliphatic hydroxyl groups excluding tert-OH is 1. The molecule has 0 heterocycles. The Hall–Kier alpha value is -1.88. The molecule has 0 spiro atoms. The zero-order chi connectivity index (χ0) is 15.2. The first-order valence-corrected chi connectivity index (χ1v) is 6.56. The third-order valence-corrected chi connectivity index (χ3v) is 2.91. The van der Waals surface area contributed by atoms with Crippen molar-refractivity contribution in [2.45, 2.75) is 27.3 Å². The molecule has 3 N–H and O–H groups in total. The van der Waals surface area contributed by atoms with Gasteiger partial charge in [-0.3, -0.25) is 9.59 Å². The number of benzene rings is 1. The van der Waals surface area contributed by atoms with Gasteiger partial charge in [0.1, 0.15) is 0 Å². The van der Waals surface area contributed by atoms with Gasteiger partial charge in [0.2, 0.25) is 5.91 Å². The first-order chi connectivity index (χ1) is 9.34. The van der Waals surface area contributed by atoms with Gasteiger partial charge in [-0.15, -0.1) is 0 Å². The Morgan fingerprint density at radius 2 is 1.75 bits per heavy atom. The number of carbonyl (C=O) groups is 2. The van der Waals surface area contributed by atoms with Crippen LogP contribution < -0.4 is 10.6 Å². The molecular formula is C15H22N2O3. The summed E-state index contributed by atoms with van der Waals surface area (Å²) < 4.78 is 0. The fraction of sp³-hybridized carbons (Fsp3) is 0.467. The lowest BCUT2D eigenvalue weighted by Gasteiger charge is -2.21. The first-order valence-electron chi connectivity index (χ1n) is 6.56. The molecule has 0 aromatic heterocycles. The van der Waals surface area contributed by atoms with Gasteiger partial charge >= 0.3 is 0 Å². The summed E-state index contributed by atoms with van der Waals surface area (Å²) in [6.07, 6.45) is 0. The SMILES string of the molecule is CC(=O)NCc1ccc(C(=O)NCC(C)(C)CO)cc1. The maximum atomic E-state index is 11.9. The van der Waals surface area contributed by atoms with Crippen LogP contribution in [0.2, 0.25) is 0 Å². The van der Waals surface area contributed by atoms with Crippen LogP contribution in [-0.4, -0.2) is 30.1 Å². The van der Waals surface area contributed by atoms with Gasteiger partial charge in [-0.05, 0) is 17.7 Å². The van der Waals surface area contributed by atoms with Gasteiger partial charge in [-0.25, -0.2) is 0 Å². The highest BCUT2D eigenvalue weighted by Crippen LogP contribution is 2.12. The van der Waals surface area contributed by atoms with E-state index in [-0.39, 0.29) is 23.8 Å². The summed E-state index contributed by atoms with van der Waals surface area (Å²) in [6, 6.07) is 7.06. The monoisotopic (exact) mass is 278 g/mol. The first kappa shape index (κ1) is 16.2. The molecule has 0 bridgehead atoms. The minimum atomic E-state index is -0.332. The molecule has 5 heteroatoms. The van der Waals surface area contributed by atoms with E-state index in [4.69, 9.17) is 5.11 Å². The average molecular weight is 278 g/mol. The Bertz CT molecular complexity index is 467. The van der Waals surface area contributed by atoms with E-state index < -0.39 is 0 Å². The van der Waals surface area contributed by atoms with Crippen LogP contribution in [0.3, 0.4) is 0 Å². The van der Waals surface area contributed by atoms with Crippen LogP contribution in [-0.2, 0) is 11.3 Å². The standard InChI is InChI=1S/C15H22N2O3/c1-11(19)16-8-12-4-6-13(7-5-12)14(20)17-9-15(2,3)10-18/h4-7,18H,8-10H2,1-3H3,(H,16,19)(H,17,20). The molecule has 0 saturated carbocycles. The quantitative estimate of drug-likeness (QED) is 0.728. The number of aliphatic hydroxyl groups is 1. The van der Waals surface area contributed by atoms with Crippen molar-refractivity contribution in [3.8, 4) is 0 Å². The van der Waals surface area contributed by atoms with E-state index in [1.54, 1.807) is 12.1 Å². The van der Waals surface area contributed by atoms with Gasteiger partial charge in [-0.1, -0.05) is 26.0 Å². The van der Waals surface area contributed by atoms with Crippen LogP contribution in [0, 0.1) is 5.41 Å². The second-order valence-corrected chi connectivity index (χ2v) is 5.61. The molecule has 0 aliphatic carbocycles. The summed E-state index contributed by atoms with van der Waals surface area (Å²) in [5.41, 5.74) is 1.17. The Morgan fingerprint density at radius 3 is 2.25 bits per heavy atom. The third kappa shape index (κ3) is 5.40. The molecular weight excluding hydrogens is 256 g/mol. The Balaban J connectivity index is 2.55. The molecule has 0 atom stereocenters. The second-order valence-electron chi connectivity index (χ2n) is 5.61. The number of hydrogen-bond donors (Lipinski definition) is 3. The molecule has 20 heavy (non-hydrogen) atoms. The van der Waals surface area contributed by atoms with Gasteiger partial charge in [-0.2, -0.15) is 0 Å². The summed E-state index contributed by atoms with van der Waals surface area (Å²) in [4.78, 5) is 22.7. The predicted molar refractivity (Wildman–Crippen MR) is 77.2 cm³/mol. The molecule has 1 aromatic rings. The lowest BCUT2D eigenvalue weighted by molar-refractivity contribution is -0.119. The van der Waals surface area contributed by atoms with Gasteiger partial charge in [0.25, 0.3) is 5.91 Å². The van der Waals surface area contributed by atoms with Gasteiger partial charge < -0.3 is 15.7 Å². The lowest BCUT2D eigenvalue weighted by Crippen LogP contribution is -2.36. The number of hydrogen-bond acceptors (Lipinski definition) is 3. The van der Waals surface area contributed by atoms with Crippen LogP contribution in [0.5, 0.6) is 0 Å². The Labute approximate surface area is 119 Å². The molecule has 0 aliphatic heterocycles. The van der Waals surface area contributed by atoms with Crippen LogP contribution in [0.4, 0.5) is 0 Å². The zero-order valence-electron chi connectivity index (χ0n) is 12.2. The van der Waals surface area contributed by atoms with Crippen molar-refractivity contribution < 1.29 is 14.7 Å². The largest absolute Gasteiger partial charge is 0.396 e. The smallest absolute Gasteiger partial charge is 0.251 e. The van der Waals surface area contributed by atoms with Crippen LogP contribution in [0.15, 0.2) is 24.3 Å². The molecule has 0 unspecified atom stereocenters. The molecule has 5 nitrogen and oxygen atoms in total. The summed E-state index contributed by atoms with van der Waals surface area (Å²) >= 11 is 0. The average Bonchev–Trinajstić information content (AvgIpc) is 2.43. The third-order valence-electron chi connectivity index (χ3n) is 2.91. The van der Waals surface area contributed by atoms with Gasteiger partial charge in [0.05, 0.1) is 0 Å². The van der Waals surface area contributed by atoms with E-state index in [9.17, 15) is 9.59 Å². The van der Waals surface area contributed by atoms with E-state index in [0.29, 0.717) is 18.7 Å². The number of amides is 2. The Kier molecular flexibility index (Phi) is 5.70. The molecule has 0 saturated heterocycles. The molecule has 1 rings (SSSR count). The molecule has 0 radical (unpaired) electrons. The van der Waals surface area contributed by atoms with Crippen molar-refractivity contribution in [1.29, 1.82) is 0 Å². The highest BCUT2D eigenvalue weighted by Gasteiger charge is 2.17.